The van der Waals surface area contributed by atoms with Crippen molar-refractivity contribution in [2.75, 3.05) is 0 Å². The van der Waals surface area contributed by atoms with Crippen molar-refractivity contribution in [1.29, 1.82) is 0 Å². The van der Waals surface area contributed by atoms with Crippen LogP contribution in [0.4, 0.5) is 8.78 Å². The molecule has 0 aliphatic heterocycles. The first-order chi connectivity index (χ1) is 8.02. The van der Waals surface area contributed by atoms with Gasteiger partial charge in [0, 0.05) is 22.9 Å². The third kappa shape index (κ3) is 2.33. The van der Waals surface area contributed by atoms with Crippen LogP contribution in [-0.4, -0.2) is 0 Å². The fourth-order valence-corrected chi connectivity index (χ4v) is 3.11. The average Bonchev–Trinajstić information content (AvgIpc) is 2.56. The van der Waals surface area contributed by atoms with E-state index in [9.17, 15) is 8.78 Å². The van der Waals surface area contributed by atoms with Gasteiger partial charge in [-0.05, 0) is 24.0 Å². The molecule has 0 atom stereocenters. The van der Waals surface area contributed by atoms with E-state index in [1.54, 1.807) is 0 Å². The molecule has 0 unspecified atom stereocenters. The summed E-state index contributed by atoms with van der Waals surface area (Å²) in [7, 11) is 0. The molecular weight excluding hydrogens is 240 g/mol. The summed E-state index contributed by atoms with van der Waals surface area (Å²) in [5, 5.41) is 0.682. The second-order valence-electron chi connectivity index (χ2n) is 4.57. The van der Waals surface area contributed by atoms with E-state index in [1.807, 2.05) is 0 Å². The largest absolute Gasteiger partial charge is 0.326 e. The molecule has 0 aliphatic carbocycles. The first-order valence-electron chi connectivity index (χ1n) is 5.62. The Kier molecular flexibility index (Phi) is 3.45. The molecule has 0 bridgehead atoms. The zero-order valence-electron chi connectivity index (χ0n) is 9.89. The fourth-order valence-electron chi connectivity index (χ4n) is 2.02. The summed E-state index contributed by atoms with van der Waals surface area (Å²) in [6.07, 6.45) is 0.801. The molecule has 1 aromatic carbocycles. The zero-order chi connectivity index (χ0) is 12.6. The monoisotopic (exact) mass is 255 g/mol. The molecule has 2 rings (SSSR count). The highest BCUT2D eigenvalue weighted by Gasteiger charge is 2.16. The van der Waals surface area contributed by atoms with Crippen molar-refractivity contribution >= 4 is 21.4 Å². The molecule has 0 radical (unpaired) electrons. The highest BCUT2D eigenvalue weighted by Crippen LogP contribution is 2.35. The van der Waals surface area contributed by atoms with Gasteiger partial charge < -0.3 is 5.73 Å². The van der Waals surface area contributed by atoms with Crippen molar-refractivity contribution in [3.05, 3.63) is 34.2 Å². The normalized spacial score (nSPS) is 11.6. The maximum atomic E-state index is 13.6. The predicted octanol–water partition coefficient (Wildman–Crippen LogP) is 3.84. The van der Waals surface area contributed by atoms with E-state index in [-0.39, 0.29) is 0 Å². The van der Waals surface area contributed by atoms with Crippen LogP contribution < -0.4 is 5.73 Å². The van der Waals surface area contributed by atoms with E-state index in [1.165, 1.54) is 17.4 Å². The Labute approximate surface area is 103 Å². The number of rotatable bonds is 3. The fraction of sp³-hybridized carbons (Fsp3) is 0.385. The third-order valence-electron chi connectivity index (χ3n) is 2.69. The minimum absolute atomic E-state index is 0.377. The van der Waals surface area contributed by atoms with E-state index in [4.69, 9.17) is 5.73 Å². The lowest BCUT2D eigenvalue weighted by Crippen LogP contribution is -2.01. The van der Waals surface area contributed by atoms with E-state index >= 15 is 0 Å². The van der Waals surface area contributed by atoms with Gasteiger partial charge in [-0.15, -0.1) is 11.3 Å². The second kappa shape index (κ2) is 4.70. The molecule has 17 heavy (non-hydrogen) atoms. The number of halogens is 2. The maximum Gasteiger partial charge on any atom is 0.143 e. The van der Waals surface area contributed by atoms with Crippen molar-refractivity contribution in [3.8, 4) is 0 Å². The maximum absolute atomic E-state index is 13.6. The number of hydrogen-bond acceptors (Lipinski definition) is 2. The van der Waals surface area contributed by atoms with Crippen LogP contribution in [0.3, 0.4) is 0 Å². The molecule has 1 heterocycles. The molecule has 0 saturated carbocycles. The summed E-state index contributed by atoms with van der Waals surface area (Å²) in [4.78, 5) is 0.957. The van der Waals surface area contributed by atoms with Gasteiger partial charge in [-0.25, -0.2) is 8.78 Å². The summed E-state index contributed by atoms with van der Waals surface area (Å²) in [5.74, 6) is -0.583. The highest BCUT2D eigenvalue weighted by atomic mass is 32.1. The van der Waals surface area contributed by atoms with Crippen molar-refractivity contribution in [3.63, 3.8) is 0 Å². The van der Waals surface area contributed by atoms with Gasteiger partial charge in [0.1, 0.15) is 11.6 Å². The standard InChI is InChI=1S/C13H15F2NS/c1-7(2)3-9-10-4-8(14)5-11(15)13(10)17-12(9)6-16/h4-5,7H,3,6,16H2,1-2H3. The molecule has 2 aromatic rings. The van der Waals surface area contributed by atoms with E-state index in [2.05, 4.69) is 13.8 Å². The van der Waals surface area contributed by atoms with Crippen molar-refractivity contribution in [2.45, 2.75) is 26.8 Å². The quantitative estimate of drug-likeness (QED) is 0.886. The van der Waals surface area contributed by atoms with E-state index < -0.39 is 11.6 Å². The predicted molar refractivity (Wildman–Crippen MR) is 68.2 cm³/mol. The SMILES string of the molecule is CC(C)Cc1c(CN)sc2c(F)cc(F)cc12. The lowest BCUT2D eigenvalue weighted by atomic mass is 10.00. The van der Waals surface area contributed by atoms with Crippen LogP contribution in [-0.2, 0) is 13.0 Å². The number of hydrogen-bond donors (Lipinski definition) is 1. The van der Waals surface area contributed by atoms with Gasteiger partial charge in [-0.2, -0.15) is 0 Å². The van der Waals surface area contributed by atoms with Gasteiger partial charge >= 0.3 is 0 Å². The van der Waals surface area contributed by atoms with Gasteiger partial charge in [0.15, 0.2) is 0 Å². The Morgan fingerprint density at radius 3 is 2.59 bits per heavy atom. The van der Waals surface area contributed by atoms with Gasteiger partial charge in [0.2, 0.25) is 0 Å². The molecule has 0 spiro atoms. The van der Waals surface area contributed by atoms with Crippen molar-refractivity contribution in [1.82, 2.24) is 0 Å². The van der Waals surface area contributed by atoms with Gasteiger partial charge in [-0.3, -0.25) is 0 Å². The Morgan fingerprint density at radius 1 is 1.29 bits per heavy atom. The Balaban J connectivity index is 2.69. The van der Waals surface area contributed by atoms with E-state index in [0.29, 0.717) is 22.5 Å². The first-order valence-corrected chi connectivity index (χ1v) is 6.44. The molecule has 4 heteroatoms. The van der Waals surface area contributed by atoms with Crippen molar-refractivity contribution < 1.29 is 8.78 Å². The second-order valence-corrected chi connectivity index (χ2v) is 5.68. The molecule has 0 amide bonds. The van der Waals surface area contributed by atoms with Crippen LogP contribution in [0.5, 0.6) is 0 Å². The summed E-state index contributed by atoms with van der Waals surface area (Å²) >= 11 is 1.33. The smallest absolute Gasteiger partial charge is 0.143 e. The summed E-state index contributed by atoms with van der Waals surface area (Å²) in [6, 6.07) is 2.34. The highest BCUT2D eigenvalue weighted by molar-refractivity contribution is 7.19. The average molecular weight is 255 g/mol. The minimum atomic E-state index is -0.527. The summed E-state index contributed by atoms with van der Waals surface area (Å²) < 4.78 is 27.4. The third-order valence-corrected chi connectivity index (χ3v) is 3.97. The van der Waals surface area contributed by atoms with Crippen LogP contribution in [0.15, 0.2) is 12.1 Å². The van der Waals surface area contributed by atoms with Gasteiger partial charge in [0.05, 0.1) is 4.70 Å². The Morgan fingerprint density at radius 2 is 2.00 bits per heavy atom. The number of thiophene rings is 1. The topological polar surface area (TPSA) is 26.0 Å². The van der Waals surface area contributed by atoms with Crippen molar-refractivity contribution in [2.24, 2.45) is 11.7 Å². The Bertz CT molecular complexity index is 546. The molecule has 0 aliphatic rings. The molecule has 2 N–H and O–H groups in total. The van der Waals surface area contributed by atoms with E-state index in [0.717, 1.165) is 22.9 Å². The number of fused-ring (bicyclic) bond motifs is 1. The molecule has 92 valence electrons. The van der Waals surface area contributed by atoms with Crippen LogP contribution >= 0.6 is 11.3 Å². The molecule has 0 saturated heterocycles. The lowest BCUT2D eigenvalue weighted by molar-refractivity contribution is 0.592. The summed E-state index contributed by atoms with van der Waals surface area (Å²) in [5.41, 5.74) is 6.67. The lowest BCUT2D eigenvalue weighted by Gasteiger charge is -2.06. The molecule has 1 nitrogen and oxygen atoms in total. The first kappa shape index (κ1) is 12.5. The summed E-state index contributed by atoms with van der Waals surface area (Å²) in [6.45, 7) is 4.54. The Hall–Kier alpha value is -1.00. The molecule has 0 fully saturated rings. The minimum Gasteiger partial charge on any atom is -0.326 e. The van der Waals surface area contributed by atoms with Crippen LogP contribution in [0.2, 0.25) is 0 Å². The number of benzene rings is 1. The van der Waals surface area contributed by atoms with Crippen LogP contribution in [0, 0.1) is 17.6 Å². The van der Waals surface area contributed by atoms with Crippen LogP contribution in [0.1, 0.15) is 24.3 Å². The van der Waals surface area contributed by atoms with Crippen LogP contribution in [0.25, 0.3) is 10.1 Å². The zero-order valence-corrected chi connectivity index (χ0v) is 10.7. The molecule has 1 aromatic heterocycles. The molecular formula is C13H15F2NS. The van der Waals surface area contributed by atoms with Gasteiger partial charge in [-0.1, -0.05) is 13.8 Å². The van der Waals surface area contributed by atoms with Gasteiger partial charge in [0.25, 0.3) is 0 Å². The number of nitrogens with two attached hydrogens (primary N) is 1.